The molecule has 0 saturated carbocycles. The normalized spacial score (nSPS) is 32.5. The van der Waals surface area contributed by atoms with Gasteiger partial charge in [0.15, 0.2) is 12.4 Å². The van der Waals surface area contributed by atoms with Crippen LogP contribution >= 0.6 is 0 Å². The van der Waals surface area contributed by atoms with Gasteiger partial charge in [-0.15, -0.1) is 0 Å². The summed E-state index contributed by atoms with van der Waals surface area (Å²) in [5.41, 5.74) is 9.15. The smallest absolute Gasteiger partial charge is 0.338 e. The number of ether oxygens (including phenoxy) is 3. The molecule has 1 unspecified atom stereocenters. The molecule has 1 aromatic carbocycles. The van der Waals surface area contributed by atoms with Crippen molar-refractivity contribution >= 4 is 5.97 Å². The van der Waals surface area contributed by atoms with Crippen molar-refractivity contribution in [2.45, 2.75) is 24.6 Å². The molecule has 2 aliphatic heterocycles. The molecule has 2 heterocycles. The van der Waals surface area contributed by atoms with Gasteiger partial charge >= 0.3 is 5.97 Å². The van der Waals surface area contributed by atoms with Crippen molar-refractivity contribution in [3.05, 3.63) is 46.3 Å². The molecule has 2 fully saturated rings. The zero-order valence-corrected chi connectivity index (χ0v) is 9.88. The zero-order valence-electron chi connectivity index (χ0n) is 9.88. The molecular weight excluding hydrogens is 250 g/mol. The molecule has 0 radical (unpaired) electrons. The van der Waals surface area contributed by atoms with Crippen molar-refractivity contribution in [3.63, 3.8) is 0 Å². The third-order valence-corrected chi connectivity index (χ3v) is 3.11. The Hall–Kier alpha value is -2.08. The fourth-order valence-corrected chi connectivity index (χ4v) is 2.24. The summed E-state index contributed by atoms with van der Waals surface area (Å²) < 4.78 is 16.3. The molecule has 0 amide bonds. The van der Waals surface area contributed by atoms with E-state index in [2.05, 4.69) is 10.0 Å². The summed E-state index contributed by atoms with van der Waals surface area (Å²) in [5, 5.41) is 3.41. The van der Waals surface area contributed by atoms with Gasteiger partial charge in [-0.05, 0) is 5.53 Å². The number of hydrogen-bond acceptors (Lipinski definition) is 5. The number of fused-ring (bicyclic) bond motifs is 1. The summed E-state index contributed by atoms with van der Waals surface area (Å²) in [6, 6.07) is 9.34. The predicted octanol–water partition coefficient (Wildman–Crippen LogP) is 1.70. The van der Waals surface area contributed by atoms with Gasteiger partial charge in [-0.25, -0.2) is 4.79 Å². The molecule has 2 saturated heterocycles. The number of cyclic esters (lactones) is 1. The minimum absolute atomic E-state index is 0.0499. The molecule has 19 heavy (non-hydrogen) atoms. The molecule has 98 valence electrons. The lowest BCUT2D eigenvalue weighted by Crippen LogP contribution is -2.29. The maximum atomic E-state index is 11.6. The fourth-order valence-electron chi connectivity index (χ4n) is 2.24. The van der Waals surface area contributed by atoms with Crippen LogP contribution in [0.3, 0.4) is 0 Å². The van der Waals surface area contributed by atoms with Gasteiger partial charge in [-0.1, -0.05) is 35.4 Å². The third-order valence-electron chi connectivity index (χ3n) is 3.11. The summed E-state index contributed by atoms with van der Waals surface area (Å²) in [6.45, 7) is 0.0499. The van der Waals surface area contributed by atoms with Crippen LogP contribution in [-0.2, 0) is 19.0 Å². The van der Waals surface area contributed by atoms with E-state index in [1.54, 1.807) is 0 Å². The molecule has 1 aromatic rings. The molecule has 0 spiro atoms. The van der Waals surface area contributed by atoms with Gasteiger partial charge in [0.05, 0.1) is 6.54 Å². The Labute approximate surface area is 108 Å². The first-order chi connectivity index (χ1) is 9.29. The average Bonchev–Trinajstić information content (AvgIpc) is 2.99. The van der Waals surface area contributed by atoms with E-state index >= 15 is 0 Å². The van der Waals surface area contributed by atoms with E-state index in [4.69, 9.17) is 19.7 Å². The van der Waals surface area contributed by atoms with Gasteiger partial charge in [-0.2, -0.15) is 0 Å². The van der Waals surface area contributed by atoms with Crippen LogP contribution in [0, 0.1) is 0 Å². The Kier molecular flexibility index (Phi) is 3.08. The molecular formula is C12H11N3O4. The summed E-state index contributed by atoms with van der Waals surface area (Å²) in [5.74, 6) is -0.471. The second-order valence-electron chi connectivity index (χ2n) is 4.29. The topological polar surface area (TPSA) is 93.5 Å². The fraction of sp³-hybridized carbons (Fsp3) is 0.417. The van der Waals surface area contributed by atoms with Gasteiger partial charge in [0.2, 0.25) is 0 Å². The van der Waals surface area contributed by atoms with Crippen molar-refractivity contribution in [2.75, 3.05) is 6.54 Å². The van der Waals surface area contributed by atoms with E-state index < -0.39 is 30.6 Å². The number of carbonyl (C=O) groups is 1. The summed E-state index contributed by atoms with van der Waals surface area (Å²) >= 11 is 0. The molecule has 0 N–H and O–H groups in total. The first kappa shape index (κ1) is 12.0. The van der Waals surface area contributed by atoms with Crippen LogP contribution in [0.25, 0.3) is 10.4 Å². The van der Waals surface area contributed by atoms with Crippen molar-refractivity contribution in [2.24, 2.45) is 5.11 Å². The summed E-state index contributed by atoms with van der Waals surface area (Å²) in [6.07, 6.45) is -2.44. The maximum absolute atomic E-state index is 11.6. The molecule has 2 aliphatic rings. The highest BCUT2D eigenvalue weighted by molar-refractivity contribution is 5.78. The standard InChI is InChI=1S/C12H11N3O4/c13-15-14-6-8-9-10(11(16)17-8)19-12(18-9)7-4-2-1-3-5-7/h1-5,8-10,12H,6H2/t8-,9-,10-,12?/m1/s1. The van der Waals surface area contributed by atoms with Gasteiger partial charge in [0, 0.05) is 10.5 Å². The monoisotopic (exact) mass is 261 g/mol. The van der Waals surface area contributed by atoms with Crippen LogP contribution in [0.2, 0.25) is 0 Å². The second kappa shape index (κ2) is 4.89. The van der Waals surface area contributed by atoms with Gasteiger partial charge in [-0.3, -0.25) is 0 Å². The van der Waals surface area contributed by atoms with E-state index in [0.717, 1.165) is 5.56 Å². The number of carbonyl (C=O) groups excluding carboxylic acids is 1. The number of hydrogen-bond donors (Lipinski definition) is 0. The first-order valence-corrected chi connectivity index (χ1v) is 5.87. The van der Waals surface area contributed by atoms with E-state index in [1.807, 2.05) is 30.3 Å². The highest BCUT2D eigenvalue weighted by atomic mass is 16.8. The average molecular weight is 261 g/mol. The molecule has 3 rings (SSSR count). The predicted molar refractivity (Wildman–Crippen MR) is 62.8 cm³/mol. The van der Waals surface area contributed by atoms with Crippen molar-refractivity contribution in [1.82, 2.24) is 0 Å². The summed E-state index contributed by atoms with van der Waals surface area (Å²) in [4.78, 5) is 14.3. The summed E-state index contributed by atoms with van der Waals surface area (Å²) in [7, 11) is 0. The van der Waals surface area contributed by atoms with E-state index in [1.165, 1.54) is 0 Å². The third kappa shape index (κ3) is 2.15. The van der Waals surface area contributed by atoms with Crippen LogP contribution in [-0.4, -0.2) is 30.8 Å². The van der Waals surface area contributed by atoms with E-state index in [-0.39, 0.29) is 6.54 Å². The quantitative estimate of drug-likeness (QED) is 0.358. The molecule has 7 nitrogen and oxygen atoms in total. The second-order valence-corrected chi connectivity index (χ2v) is 4.29. The largest absolute Gasteiger partial charge is 0.457 e. The van der Waals surface area contributed by atoms with Crippen LogP contribution in [0.4, 0.5) is 0 Å². The minimum atomic E-state index is -0.746. The lowest BCUT2D eigenvalue weighted by atomic mass is 10.1. The van der Waals surface area contributed by atoms with Crippen molar-refractivity contribution in [1.29, 1.82) is 0 Å². The van der Waals surface area contributed by atoms with E-state index in [9.17, 15) is 4.79 Å². The van der Waals surface area contributed by atoms with Crippen LogP contribution < -0.4 is 0 Å². The number of rotatable bonds is 3. The number of nitrogens with zero attached hydrogens (tertiary/aromatic N) is 3. The lowest BCUT2D eigenvalue weighted by Gasteiger charge is -2.15. The maximum Gasteiger partial charge on any atom is 0.338 e. The zero-order chi connectivity index (χ0) is 13.2. The van der Waals surface area contributed by atoms with Crippen molar-refractivity contribution < 1.29 is 19.0 Å². The number of azide groups is 1. The molecule has 7 heteroatoms. The van der Waals surface area contributed by atoms with Crippen LogP contribution in [0.5, 0.6) is 0 Å². The highest BCUT2D eigenvalue weighted by Crippen LogP contribution is 2.37. The number of esters is 1. The van der Waals surface area contributed by atoms with Crippen LogP contribution in [0.15, 0.2) is 35.4 Å². The number of benzene rings is 1. The Morgan fingerprint density at radius 1 is 1.26 bits per heavy atom. The first-order valence-electron chi connectivity index (χ1n) is 5.87. The molecule has 4 atom stereocenters. The highest BCUT2D eigenvalue weighted by Gasteiger charge is 2.53. The van der Waals surface area contributed by atoms with E-state index in [0.29, 0.717) is 0 Å². The molecule has 0 aliphatic carbocycles. The molecule has 0 bridgehead atoms. The Balaban J connectivity index is 1.76. The van der Waals surface area contributed by atoms with Crippen molar-refractivity contribution in [3.8, 4) is 0 Å². The van der Waals surface area contributed by atoms with Gasteiger partial charge in [0.1, 0.15) is 12.2 Å². The minimum Gasteiger partial charge on any atom is -0.457 e. The Bertz CT molecular complexity index is 527. The lowest BCUT2D eigenvalue weighted by molar-refractivity contribution is -0.161. The Morgan fingerprint density at radius 3 is 2.79 bits per heavy atom. The molecule has 0 aromatic heterocycles. The SMILES string of the molecule is [N-]=[N+]=NC[C@H]1OC(=O)[C@@H]2OC(c3ccccc3)O[C@H]12. The van der Waals surface area contributed by atoms with Crippen LogP contribution in [0.1, 0.15) is 11.9 Å². The van der Waals surface area contributed by atoms with Gasteiger partial charge in [0.25, 0.3) is 0 Å². The van der Waals surface area contributed by atoms with Gasteiger partial charge < -0.3 is 14.2 Å². The Morgan fingerprint density at radius 2 is 2.05 bits per heavy atom.